The molecule has 0 unspecified atom stereocenters. The van der Waals surface area contributed by atoms with E-state index in [9.17, 15) is 5.11 Å². The van der Waals surface area contributed by atoms with E-state index in [0.29, 0.717) is 11.4 Å². The zero-order valence-corrected chi connectivity index (χ0v) is 12.6. The summed E-state index contributed by atoms with van der Waals surface area (Å²) in [5.41, 5.74) is 5.46. The van der Waals surface area contributed by atoms with E-state index in [1.165, 1.54) is 5.56 Å². The van der Waals surface area contributed by atoms with Gasteiger partial charge < -0.3 is 5.11 Å². The second-order valence-corrected chi connectivity index (χ2v) is 5.54. The predicted molar refractivity (Wildman–Crippen MR) is 87.7 cm³/mol. The molecule has 3 aromatic rings. The van der Waals surface area contributed by atoms with Crippen LogP contribution in [0, 0.1) is 6.92 Å². The highest BCUT2D eigenvalue weighted by Crippen LogP contribution is 2.34. The summed E-state index contributed by atoms with van der Waals surface area (Å²) in [5.74, 6) is 0. The van der Waals surface area contributed by atoms with Gasteiger partial charge in [-0.3, -0.25) is 4.98 Å². The SMILES string of the molecule is Cc1cc2cccnc2c(-c2ccc(Cl)cc2)c1CCO. The van der Waals surface area contributed by atoms with Gasteiger partial charge in [0.1, 0.15) is 0 Å². The lowest BCUT2D eigenvalue weighted by atomic mass is 9.91. The summed E-state index contributed by atoms with van der Waals surface area (Å²) in [4.78, 5) is 4.55. The van der Waals surface area contributed by atoms with Crippen LogP contribution in [0.3, 0.4) is 0 Å². The fourth-order valence-electron chi connectivity index (χ4n) is 2.77. The molecule has 21 heavy (non-hydrogen) atoms. The van der Waals surface area contributed by atoms with Crippen molar-refractivity contribution in [2.24, 2.45) is 0 Å². The monoisotopic (exact) mass is 297 g/mol. The molecule has 1 aromatic heterocycles. The fraction of sp³-hybridized carbons (Fsp3) is 0.167. The van der Waals surface area contributed by atoms with Crippen LogP contribution < -0.4 is 0 Å². The molecule has 0 saturated carbocycles. The number of halogens is 1. The van der Waals surface area contributed by atoms with Gasteiger partial charge in [-0.25, -0.2) is 0 Å². The number of benzene rings is 2. The number of aliphatic hydroxyl groups excluding tert-OH is 1. The van der Waals surface area contributed by atoms with Gasteiger partial charge in [-0.05, 0) is 54.3 Å². The number of hydrogen-bond donors (Lipinski definition) is 1. The first-order chi connectivity index (χ1) is 10.2. The lowest BCUT2D eigenvalue weighted by Crippen LogP contribution is -2.00. The molecular formula is C18H16ClNO. The lowest BCUT2D eigenvalue weighted by molar-refractivity contribution is 0.299. The molecule has 0 amide bonds. The maximum atomic E-state index is 9.39. The van der Waals surface area contributed by atoms with Crippen LogP contribution in [-0.4, -0.2) is 16.7 Å². The van der Waals surface area contributed by atoms with Gasteiger partial charge in [-0.15, -0.1) is 0 Å². The molecule has 0 radical (unpaired) electrons. The largest absolute Gasteiger partial charge is 0.396 e. The Morgan fingerprint density at radius 3 is 2.62 bits per heavy atom. The minimum Gasteiger partial charge on any atom is -0.396 e. The molecule has 0 saturated heterocycles. The lowest BCUT2D eigenvalue weighted by Gasteiger charge is -2.15. The minimum atomic E-state index is 0.125. The molecule has 1 heterocycles. The second kappa shape index (κ2) is 5.84. The molecule has 1 N–H and O–H groups in total. The van der Waals surface area contributed by atoms with Crippen LogP contribution in [0.15, 0.2) is 48.7 Å². The molecule has 0 spiro atoms. The van der Waals surface area contributed by atoms with Gasteiger partial charge in [0.25, 0.3) is 0 Å². The van der Waals surface area contributed by atoms with Crippen LogP contribution in [0.1, 0.15) is 11.1 Å². The molecule has 0 aliphatic rings. The number of rotatable bonds is 3. The normalized spacial score (nSPS) is 11.0. The molecule has 106 valence electrons. The third-order valence-corrected chi connectivity index (χ3v) is 3.97. The van der Waals surface area contributed by atoms with Gasteiger partial charge in [-0.1, -0.05) is 29.8 Å². The Labute approximate surface area is 129 Å². The van der Waals surface area contributed by atoms with Crippen LogP contribution in [0.25, 0.3) is 22.0 Å². The number of aliphatic hydroxyl groups is 1. The van der Waals surface area contributed by atoms with Crippen molar-refractivity contribution < 1.29 is 5.11 Å². The highest BCUT2D eigenvalue weighted by molar-refractivity contribution is 6.30. The van der Waals surface area contributed by atoms with Crippen molar-refractivity contribution in [1.29, 1.82) is 0 Å². The molecule has 2 nitrogen and oxygen atoms in total. The summed E-state index contributed by atoms with van der Waals surface area (Å²) in [6, 6.07) is 13.9. The van der Waals surface area contributed by atoms with E-state index in [2.05, 4.69) is 24.0 Å². The Morgan fingerprint density at radius 2 is 1.90 bits per heavy atom. The summed E-state index contributed by atoms with van der Waals surface area (Å²) in [7, 11) is 0. The van der Waals surface area contributed by atoms with Crippen molar-refractivity contribution >= 4 is 22.5 Å². The van der Waals surface area contributed by atoms with E-state index in [1.54, 1.807) is 6.20 Å². The molecule has 0 aliphatic carbocycles. The highest BCUT2D eigenvalue weighted by atomic mass is 35.5. The van der Waals surface area contributed by atoms with Gasteiger partial charge in [0.2, 0.25) is 0 Å². The zero-order valence-electron chi connectivity index (χ0n) is 11.8. The van der Waals surface area contributed by atoms with E-state index in [1.807, 2.05) is 30.3 Å². The Kier molecular flexibility index (Phi) is 3.91. The molecule has 2 aromatic carbocycles. The van der Waals surface area contributed by atoms with Crippen LogP contribution >= 0.6 is 11.6 Å². The van der Waals surface area contributed by atoms with Crippen molar-refractivity contribution in [2.75, 3.05) is 6.61 Å². The Bertz CT molecular complexity index is 781. The average molecular weight is 298 g/mol. The molecule has 3 heteroatoms. The van der Waals surface area contributed by atoms with Crippen LogP contribution in [0.4, 0.5) is 0 Å². The number of fused-ring (bicyclic) bond motifs is 1. The maximum Gasteiger partial charge on any atom is 0.0783 e. The number of aromatic nitrogens is 1. The van der Waals surface area contributed by atoms with Gasteiger partial charge in [0.15, 0.2) is 0 Å². The zero-order chi connectivity index (χ0) is 14.8. The summed E-state index contributed by atoms with van der Waals surface area (Å²) in [5, 5.41) is 11.2. The summed E-state index contributed by atoms with van der Waals surface area (Å²) >= 11 is 5.99. The van der Waals surface area contributed by atoms with E-state index in [4.69, 9.17) is 11.6 Å². The van der Waals surface area contributed by atoms with Crippen molar-refractivity contribution in [2.45, 2.75) is 13.3 Å². The molecular weight excluding hydrogens is 282 g/mol. The predicted octanol–water partition coefficient (Wildman–Crippen LogP) is 4.40. The summed E-state index contributed by atoms with van der Waals surface area (Å²) < 4.78 is 0. The molecule has 0 bridgehead atoms. The Morgan fingerprint density at radius 1 is 1.14 bits per heavy atom. The third-order valence-electron chi connectivity index (χ3n) is 3.72. The standard InChI is InChI=1S/C18H16ClNO/c1-12-11-14-3-2-9-20-18(14)17(16(12)8-10-21)13-4-6-15(19)7-5-13/h2-7,9,11,21H,8,10H2,1H3. The van der Waals surface area contributed by atoms with E-state index in [-0.39, 0.29) is 6.61 Å². The number of hydrogen-bond acceptors (Lipinski definition) is 2. The van der Waals surface area contributed by atoms with Crippen molar-refractivity contribution in [3.8, 4) is 11.1 Å². The minimum absolute atomic E-state index is 0.125. The van der Waals surface area contributed by atoms with Gasteiger partial charge >= 0.3 is 0 Å². The van der Waals surface area contributed by atoms with Gasteiger partial charge in [0.05, 0.1) is 5.52 Å². The first kappa shape index (κ1) is 14.1. The number of nitrogens with zero attached hydrogens (tertiary/aromatic N) is 1. The Balaban J connectivity index is 2.35. The average Bonchev–Trinajstić information content (AvgIpc) is 2.49. The molecule has 0 fully saturated rings. The van der Waals surface area contributed by atoms with Crippen LogP contribution in [0.2, 0.25) is 5.02 Å². The molecule has 0 atom stereocenters. The van der Waals surface area contributed by atoms with Crippen molar-refractivity contribution in [3.63, 3.8) is 0 Å². The molecule has 3 rings (SSSR count). The quantitative estimate of drug-likeness (QED) is 0.777. The summed E-state index contributed by atoms with van der Waals surface area (Å²) in [6.45, 7) is 2.20. The number of pyridine rings is 1. The van der Waals surface area contributed by atoms with Crippen LogP contribution in [0.5, 0.6) is 0 Å². The van der Waals surface area contributed by atoms with Crippen LogP contribution in [-0.2, 0) is 6.42 Å². The fourth-order valence-corrected chi connectivity index (χ4v) is 2.89. The van der Waals surface area contributed by atoms with E-state index >= 15 is 0 Å². The first-order valence-electron chi connectivity index (χ1n) is 6.94. The summed E-state index contributed by atoms with van der Waals surface area (Å²) in [6.07, 6.45) is 2.43. The first-order valence-corrected chi connectivity index (χ1v) is 7.32. The highest BCUT2D eigenvalue weighted by Gasteiger charge is 2.13. The van der Waals surface area contributed by atoms with E-state index in [0.717, 1.165) is 27.6 Å². The topological polar surface area (TPSA) is 33.1 Å². The van der Waals surface area contributed by atoms with Crippen molar-refractivity contribution in [3.05, 3.63) is 64.8 Å². The van der Waals surface area contributed by atoms with E-state index < -0.39 is 0 Å². The third kappa shape index (κ3) is 2.65. The smallest absolute Gasteiger partial charge is 0.0783 e. The van der Waals surface area contributed by atoms with Crippen molar-refractivity contribution in [1.82, 2.24) is 4.98 Å². The maximum absolute atomic E-state index is 9.39. The van der Waals surface area contributed by atoms with Gasteiger partial charge in [-0.2, -0.15) is 0 Å². The second-order valence-electron chi connectivity index (χ2n) is 5.10. The number of aryl methyl sites for hydroxylation is 1. The molecule has 0 aliphatic heterocycles. The van der Waals surface area contributed by atoms with Gasteiger partial charge in [0, 0.05) is 28.8 Å². The Hall–Kier alpha value is -1.90.